The minimum Gasteiger partial charge on any atom is -0.288 e. The first-order chi connectivity index (χ1) is 9.86. The first kappa shape index (κ1) is 18.1. The molecular formula is C18H15FeNO+2. The van der Waals surface area contributed by atoms with Crippen molar-refractivity contribution < 1.29 is 21.9 Å². The van der Waals surface area contributed by atoms with Crippen molar-refractivity contribution in [1.29, 1.82) is 0 Å². The van der Waals surface area contributed by atoms with E-state index in [9.17, 15) is 4.79 Å². The third-order valence-electron chi connectivity index (χ3n) is 2.59. The predicted octanol–water partition coefficient (Wildman–Crippen LogP) is 3.24. The van der Waals surface area contributed by atoms with Crippen LogP contribution in [0.25, 0.3) is 0 Å². The van der Waals surface area contributed by atoms with E-state index in [-0.39, 0.29) is 22.9 Å². The number of hydrogen-bond donors (Lipinski definition) is 0. The molecule has 0 N–H and O–H groups in total. The molecular weight excluding hydrogens is 302 g/mol. The summed E-state index contributed by atoms with van der Waals surface area (Å²) in [5, 5.41) is 0. The summed E-state index contributed by atoms with van der Waals surface area (Å²) in [7, 11) is 0. The van der Waals surface area contributed by atoms with Gasteiger partial charge in [-0.3, -0.25) is 9.78 Å². The summed E-state index contributed by atoms with van der Waals surface area (Å²) in [5.41, 5.74) is 0.473. The Kier molecular flexibility index (Phi) is 9.29. The van der Waals surface area contributed by atoms with Gasteiger partial charge >= 0.3 is 17.1 Å². The Hall–Kier alpha value is -0.921. The topological polar surface area (TPSA) is 30.0 Å². The van der Waals surface area contributed by atoms with Crippen molar-refractivity contribution in [2.24, 2.45) is 0 Å². The van der Waals surface area contributed by atoms with E-state index < -0.39 is 0 Å². The van der Waals surface area contributed by atoms with Gasteiger partial charge in [0.25, 0.3) is 0 Å². The van der Waals surface area contributed by atoms with Gasteiger partial charge in [0, 0.05) is 12.1 Å². The van der Waals surface area contributed by atoms with Crippen molar-refractivity contribution in [3.8, 4) is 0 Å². The van der Waals surface area contributed by atoms with Gasteiger partial charge in [-0.25, -0.2) is 0 Å². The number of carbonyl (C=O) groups is 1. The summed E-state index contributed by atoms with van der Waals surface area (Å²) in [6.45, 7) is 0. The Labute approximate surface area is 138 Å². The van der Waals surface area contributed by atoms with Gasteiger partial charge in [0.2, 0.25) is 5.78 Å². The molecule has 1 heterocycles. The van der Waals surface area contributed by atoms with Gasteiger partial charge in [-0.15, -0.1) is 0 Å². The number of pyridine rings is 1. The minimum atomic E-state index is -0.0724. The SMILES string of the molecule is O=C(/C=C/[C]1[CH][CH][CH][CH]1)c1ccccn1.[CH]1[CH][CH][CH][CH]1.[Fe+2]. The van der Waals surface area contributed by atoms with Crippen molar-refractivity contribution in [2.45, 2.75) is 0 Å². The van der Waals surface area contributed by atoms with Crippen LogP contribution in [0.1, 0.15) is 10.5 Å². The third kappa shape index (κ3) is 7.06. The molecule has 0 amide bonds. The van der Waals surface area contributed by atoms with Gasteiger partial charge < -0.3 is 0 Å². The van der Waals surface area contributed by atoms with Gasteiger partial charge in [-0.1, -0.05) is 12.1 Å². The number of allylic oxidation sites excluding steroid dienone is 2. The molecule has 2 fully saturated rings. The molecule has 104 valence electrons. The first-order valence-electron chi connectivity index (χ1n) is 6.38. The molecule has 0 bridgehead atoms. The number of aromatic nitrogens is 1. The summed E-state index contributed by atoms with van der Waals surface area (Å²) < 4.78 is 0. The van der Waals surface area contributed by atoms with E-state index in [0.717, 1.165) is 5.92 Å². The van der Waals surface area contributed by atoms with E-state index in [1.54, 1.807) is 30.5 Å². The monoisotopic (exact) mass is 317 g/mol. The maximum Gasteiger partial charge on any atom is 2.00 e. The van der Waals surface area contributed by atoms with E-state index in [0.29, 0.717) is 5.69 Å². The van der Waals surface area contributed by atoms with Crippen LogP contribution in [0, 0.1) is 63.7 Å². The maximum absolute atomic E-state index is 11.6. The van der Waals surface area contributed by atoms with E-state index >= 15 is 0 Å². The molecule has 21 heavy (non-hydrogen) atoms. The Morgan fingerprint density at radius 2 is 1.52 bits per heavy atom. The Bertz CT molecular complexity index is 412. The molecule has 10 radical (unpaired) electrons. The summed E-state index contributed by atoms with van der Waals surface area (Å²) in [6.07, 6.45) is 22.7. The van der Waals surface area contributed by atoms with Crippen molar-refractivity contribution in [1.82, 2.24) is 4.98 Å². The minimum absolute atomic E-state index is 0. The van der Waals surface area contributed by atoms with E-state index in [1.807, 2.05) is 57.8 Å². The average Bonchev–Trinajstić information content (AvgIpc) is 3.21. The Morgan fingerprint density at radius 3 is 2.05 bits per heavy atom. The maximum atomic E-state index is 11.6. The number of hydrogen-bond acceptors (Lipinski definition) is 2. The smallest absolute Gasteiger partial charge is 0.288 e. The number of rotatable bonds is 3. The van der Waals surface area contributed by atoms with Crippen molar-refractivity contribution in [3.63, 3.8) is 0 Å². The summed E-state index contributed by atoms with van der Waals surface area (Å²) >= 11 is 0. The number of nitrogens with zero attached hydrogens (tertiary/aromatic N) is 1. The van der Waals surface area contributed by atoms with Crippen molar-refractivity contribution in [2.75, 3.05) is 0 Å². The van der Waals surface area contributed by atoms with E-state index in [4.69, 9.17) is 0 Å². The van der Waals surface area contributed by atoms with Crippen LogP contribution >= 0.6 is 0 Å². The van der Waals surface area contributed by atoms with Gasteiger partial charge in [0.05, 0.1) is 0 Å². The standard InChI is InChI=1S/C13H10NO.C5H5.Fe/c15-13(12-7-3-4-10-14-12)9-8-11-5-1-2-6-11;1-2-4-5-3-1;/h1-10H;1-5H;/q;;+2/b9-8+;;. The Morgan fingerprint density at radius 1 is 0.905 bits per heavy atom. The molecule has 3 heteroatoms. The molecule has 2 nitrogen and oxygen atoms in total. The van der Waals surface area contributed by atoms with Crippen molar-refractivity contribution in [3.05, 3.63) is 106 Å². The fraction of sp³-hybridized carbons (Fsp3) is 0. The molecule has 2 aliphatic rings. The molecule has 0 aliphatic heterocycles. The summed E-state index contributed by atoms with van der Waals surface area (Å²) in [5.74, 6) is 0.955. The summed E-state index contributed by atoms with van der Waals surface area (Å²) in [4.78, 5) is 15.6. The largest absolute Gasteiger partial charge is 2.00 e. The number of carbonyl (C=O) groups excluding carboxylic acids is 1. The fourth-order valence-electron chi connectivity index (χ4n) is 1.59. The van der Waals surface area contributed by atoms with Crippen LogP contribution in [0.15, 0.2) is 36.5 Å². The van der Waals surface area contributed by atoms with Crippen LogP contribution in [0.2, 0.25) is 0 Å². The molecule has 0 spiro atoms. The zero-order chi connectivity index (χ0) is 14.0. The number of ketones is 1. The molecule has 1 aromatic heterocycles. The molecule has 0 aromatic carbocycles. The molecule has 2 aliphatic carbocycles. The molecule has 0 unspecified atom stereocenters. The second-order valence-electron chi connectivity index (χ2n) is 4.09. The van der Waals surface area contributed by atoms with Crippen molar-refractivity contribution >= 4 is 5.78 Å². The molecule has 1 aromatic rings. The van der Waals surface area contributed by atoms with Gasteiger partial charge in [-0.2, -0.15) is 0 Å². The summed E-state index contributed by atoms with van der Waals surface area (Å²) in [6, 6.07) is 5.30. The second-order valence-corrected chi connectivity index (χ2v) is 4.09. The Balaban J connectivity index is 0.000000313. The normalized spacial score (nSPS) is 18.1. The van der Waals surface area contributed by atoms with Gasteiger partial charge in [-0.05, 0) is 76.0 Å². The molecule has 0 atom stereocenters. The van der Waals surface area contributed by atoms with E-state index in [1.165, 1.54) is 6.08 Å². The van der Waals surface area contributed by atoms with Crippen LogP contribution in [-0.2, 0) is 17.1 Å². The fourth-order valence-corrected chi connectivity index (χ4v) is 1.59. The van der Waals surface area contributed by atoms with Crippen LogP contribution in [0.3, 0.4) is 0 Å². The van der Waals surface area contributed by atoms with Gasteiger partial charge in [0.1, 0.15) is 5.69 Å². The van der Waals surface area contributed by atoms with Crippen LogP contribution in [-0.4, -0.2) is 10.8 Å². The molecule has 3 rings (SSSR count). The third-order valence-corrected chi connectivity index (χ3v) is 2.59. The van der Waals surface area contributed by atoms with Crippen LogP contribution < -0.4 is 0 Å². The van der Waals surface area contributed by atoms with Crippen LogP contribution in [0.5, 0.6) is 0 Å². The average molecular weight is 317 g/mol. The van der Waals surface area contributed by atoms with Gasteiger partial charge in [0.15, 0.2) is 0 Å². The quantitative estimate of drug-likeness (QED) is 0.487. The molecule has 2 saturated carbocycles. The zero-order valence-electron chi connectivity index (χ0n) is 11.4. The zero-order valence-corrected chi connectivity index (χ0v) is 12.5. The first-order valence-corrected chi connectivity index (χ1v) is 6.38. The van der Waals surface area contributed by atoms with E-state index in [2.05, 4.69) is 4.98 Å². The second kappa shape index (κ2) is 10.8. The predicted molar refractivity (Wildman–Crippen MR) is 79.7 cm³/mol. The van der Waals surface area contributed by atoms with Crippen LogP contribution in [0.4, 0.5) is 0 Å². The molecule has 0 saturated heterocycles.